The minimum absolute atomic E-state index is 0.285. The van der Waals surface area contributed by atoms with Crippen LogP contribution in [-0.4, -0.2) is 16.1 Å². The van der Waals surface area contributed by atoms with Crippen molar-refractivity contribution in [2.24, 2.45) is 0 Å². The van der Waals surface area contributed by atoms with Crippen LogP contribution in [0.15, 0.2) is 41.6 Å². The van der Waals surface area contributed by atoms with E-state index in [0.29, 0.717) is 15.7 Å². The number of halogens is 4. The zero-order valence-electron chi connectivity index (χ0n) is 12.8. The van der Waals surface area contributed by atoms with Crippen LogP contribution in [0, 0.1) is 6.92 Å². The highest BCUT2D eigenvalue weighted by Gasteiger charge is 2.30. The van der Waals surface area contributed by atoms with E-state index in [4.69, 9.17) is 11.6 Å². The smallest absolute Gasteiger partial charge is 0.325 e. The van der Waals surface area contributed by atoms with Gasteiger partial charge in [-0.2, -0.15) is 13.2 Å². The first-order chi connectivity index (χ1) is 11.2. The fourth-order valence-corrected chi connectivity index (χ4v) is 2.79. The highest BCUT2D eigenvalue weighted by Crippen LogP contribution is 2.31. The number of thioether (sulfide) groups is 1. The van der Waals surface area contributed by atoms with Gasteiger partial charge in [-0.3, -0.25) is 4.79 Å². The lowest BCUT2D eigenvalue weighted by molar-refractivity contribution is -0.137. The third-order valence-corrected chi connectivity index (χ3v) is 4.72. The van der Waals surface area contributed by atoms with Crippen molar-refractivity contribution in [1.29, 1.82) is 0 Å². The number of nitrogens with one attached hydrogen (secondary N) is 1. The molecule has 128 valence electrons. The van der Waals surface area contributed by atoms with E-state index in [1.807, 2.05) is 0 Å². The van der Waals surface area contributed by atoms with Gasteiger partial charge in [-0.15, -0.1) is 0 Å². The molecule has 24 heavy (non-hydrogen) atoms. The van der Waals surface area contributed by atoms with E-state index in [0.717, 1.165) is 29.6 Å². The minimum Gasteiger partial charge on any atom is -0.325 e. The predicted molar refractivity (Wildman–Crippen MR) is 89.4 cm³/mol. The lowest BCUT2D eigenvalue weighted by atomic mass is 10.2. The molecule has 0 aliphatic heterocycles. The Hall–Kier alpha value is -1.73. The van der Waals surface area contributed by atoms with Gasteiger partial charge >= 0.3 is 6.18 Å². The number of rotatable bonds is 4. The topological polar surface area (TPSA) is 42.0 Å². The number of hydrogen-bond acceptors (Lipinski definition) is 3. The van der Waals surface area contributed by atoms with Crippen LogP contribution >= 0.6 is 23.4 Å². The molecule has 2 rings (SSSR count). The summed E-state index contributed by atoms with van der Waals surface area (Å²) >= 11 is 7.08. The van der Waals surface area contributed by atoms with Crippen LogP contribution in [0.2, 0.25) is 5.02 Å². The third kappa shape index (κ3) is 4.64. The Kier molecular flexibility index (Phi) is 5.77. The normalized spacial score (nSPS) is 12.8. The van der Waals surface area contributed by atoms with E-state index in [9.17, 15) is 18.0 Å². The molecule has 1 heterocycles. The van der Waals surface area contributed by atoms with Gasteiger partial charge in [-0.25, -0.2) is 4.98 Å². The highest BCUT2D eigenvalue weighted by atomic mass is 35.5. The van der Waals surface area contributed by atoms with Crippen molar-refractivity contribution >= 4 is 35.0 Å². The Morgan fingerprint density at radius 1 is 1.29 bits per heavy atom. The Labute approximate surface area is 146 Å². The molecule has 1 aromatic carbocycles. The highest BCUT2D eigenvalue weighted by molar-refractivity contribution is 8.00. The standard InChI is InChI=1S/C16H14ClF3N2OS/c1-9-12(17)4-3-5-13(9)22-15(23)10(2)24-14-7-6-11(8-21-14)16(18,19)20/h3-8,10H,1-2H3,(H,22,23). The molecule has 0 aliphatic rings. The molecule has 0 aliphatic carbocycles. The van der Waals surface area contributed by atoms with Gasteiger partial charge in [0.15, 0.2) is 0 Å². The fourth-order valence-electron chi connectivity index (χ4n) is 1.83. The van der Waals surface area contributed by atoms with Crippen LogP contribution in [0.25, 0.3) is 0 Å². The molecule has 1 N–H and O–H groups in total. The minimum atomic E-state index is -4.43. The van der Waals surface area contributed by atoms with Crippen molar-refractivity contribution in [1.82, 2.24) is 4.98 Å². The average molecular weight is 375 g/mol. The maximum Gasteiger partial charge on any atom is 0.417 e. The zero-order valence-corrected chi connectivity index (χ0v) is 14.4. The molecule has 1 aromatic heterocycles. The third-order valence-electron chi connectivity index (χ3n) is 3.26. The number of carbonyl (C=O) groups is 1. The number of carbonyl (C=O) groups excluding carboxylic acids is 1. The Morgan fingerprint density at radius 3 is 2.58 bits per heavy atom. The molecule has 3 nitrogen and oxygen atoms in total. The number of nitrogens with zero attached hydrogens (tertiary/aromatic N) is 1. The Balaban J connectivity index is 2.02. The zero-order chi connectivity index (χ0) is 17.9. The molecule has 2 aromatic rings. The SMILES string of the molecule is Cc1c(Cl)cccc1NC(=O)C(C)Sc1ccc(C(F)(F)F)cn1. The molecular weight excluding hydrogens is 361 g/mol. The van der Waals surface area contributed by atoms with Crippen molar-refractivity contribution in [3.05, 3.63) is 52.7 Å². The van der Waals surface area contributed by atoms with E-state index < -0.39 is 17.0 Å². The average Bonchev–Trinajstić information content (AvgIpc) is 2.51. The molecule has 0 fully saturated rings. The lowest BCUT2D eigenvalue weighted by Crippen LogP contribution is -2.23. The second kappa shape index (κ2) is 7.44. The maximum atomic E-state index is 12.5. The van der Waals surface area contributed by atoms with Gasteiger partial charge in [-0.05, 0) is 43.7 Å². The molecule has 0 radical (unpaired) electrons. The number of pyridine rings is 1. The second-order valence-electron chi connectivity index (χ2n) is 5.04. The summed E-state index contributed by atoms with van der Waals surface area (Å²) in [5, 5.41) is 3.10. The largest absolute Gasteiger partial charge is 0.417 e. The van der Waals surface area contributed by atoms with Gasteiger partial charge in [0.25, 0.3) is 0 Å². The predicted octanol–water partition coefficient (Wildman–Crippen LogP) is 5.18. The monoisotopic (exact) mass is 374 g/mol. The second-order valence-corrected chi connectivity index (χ2v) is 6.81. The summed E-state index contributed by atoms with van der Waals surface area (Å²) in [6, 6.07) is 7.37. The van der Waals surface area contributed by atoms with Gasteiger partial charge < -0.3 is 5.32 Å². The van der Waals surface area contributed by atoms with Crippen LogP contribution in [0.4, 0.5) is 18.9 Å². The van der Waals surface area contributed by atoms with Gasteiger partial charge in [0.2, 0.25) is 5.91 Å². The number of anilines is 1. The summed E-state index contributed by atoms with van der Waals surface area (Å²) in [6.45, 7) is 3.44. The number of benzene rings is 1. The first kappa shape index (κ1) is 18.6. The molecule has 0 saturated heterocycles. The summed E-state index contributed by atoms with van der Waals surface area (Å²) in [4.78, 5) is 16.0. The number of amides is 1. The lowest BCUT2D eigenvalue weighted by Gasteiger charge is -2.14. The van der Waals surface area contributed by atoms with Gasteiger partial charge in [-0.1, -0.05) is 29.4 Å². The molecular formula is C16H14ClF3N2OS. The van der Waals surface area contributed by atoms with Crippen LogP contribution in [0.5, 0.6) is 0 Å². The Bertz CT molecular complexity index is 735. The maximum absolute atomic E-state index is 12.5. The summed E-state index contributed by atoms with van der Waals surface area (Å²) in [5.41, 5.74) is 0.524. The van der Waals surface area contributed by atoms with Crippen molar-refractivity contribution in [3.63, 3.8) is 0 Å². The first-order valence-corrected chi connectivity index (χ1v) is 8.20. The summed E-state index contributed by atoms with van der Waals surface area (Å²) in [5.74, 6) is -0.285. The van der Waals surface area contributed by atoms with Gasteiger partial charge in [0.1, 0.15) is 0 Å². The van der Waals surface area contributed by atoms with Crippen molar-refractivity contribution in [2.45, 2.75) is 30.3 Å². The number of hydrogen-bond donors (Lipinski definition) is 1. The van der Waals surface area contributed by atoms with Crippen LogP contribution < -0.4 is 5.32 Å². The van der Waals surface area contributed by atoms with E-state index >= 15 is 0 Å². The van der Waals surface area contributed by atoms with E-state index in [2.05, 4.69) is 10.3 Å². The molecule has 1 amide bonds. The first-order valence-electron chi connectivity index (χ1n) is 6.94. The number of aromatic nitrogens is 1. The molecule has 0 spiro atoms. The van der Waals surface area contributed by atoms with Crippen molar-refractivity contribution in [3.8, 4) is 0 Å². The van der Waals surface area contributed by atoms with Crippen LogP contribution in [0.1, 0.15) is 18.1 Å². The molecule has 8 heteroatoms. The van der Waals surface area contributed by atoms with Gasteiger partial charge in [0.05, 0.1) is 15.8 Å². The van der Waals surface area contributed by atoms with Crippen molar-refractivity contribution in [2.75, 3.05) is 5.32 Å². The van der Waals surface area contributed by atoms with E-state index in [1.165, 1.54) is 6.07 Å². The fraction of sp³-hybridized carbons (Fsp3) is 0.250. The molecule has 1 unspecified atom stereocenters. The van der Waals surface area contributed by atoms with Gasteiger partial charge in [0, 0.05) is 16.9 Å². The summed E-state index contributed by atoms with van der Waals surface area (Å²) < 4.78 is 37.5. The van der Waals surface area contributed by atoms with E-state index in [-0.39, 0.29) is 5.91 Å². The molecule has 1 atom stereocenters. The quantitative estimate of drug-likeness (QED) is 0.749. The summed E-state index contributed by atoms with van der Waals surface area (Å²) in [7, 11) is 0. The van der Waals surface area contributed by atoms with Crippen LogP contribution in [0.3, 0.4) is 0 Å². The van der Waals surface area contributed by atoms with E-state index in [1.54, 1.807) is 32.0 Å². The molecule has 0 bridgehead atoms. The Morgan fingerprint density at radius 2 is 2.00 bits per heavy atom. The number of alkyl halides is 3. The van der Waals surface area contributed by atoms with Crippen LogP contribution in [-0.2, 0) is 11.0 Å². The summed E-state index contributed by atoms with van der Waals surface area (Å²) in [6.07, 6.45) is -3.67. The molecule has 0 saturated carbocycles. The van der Waals surface area contributed by atoms with Crippen molar-refractivity contribution < 1.29 is 18.0 Å².